The third kappa shape index (κ3) is 2.16. The zero-order chi connectivity index (χ0) is 16.1. The number of nitrogens with zero attached hydrogens (tertiary/aromatic N) is 3. The van der Waals surface area contributed by atoms with Crippen molar-refractivity contribution in [2.45, 2.75) is 51.2 Å². The van der Waals surface area contributed by atoms with Crippen molar-refractivity contribution in [3.8, 4) is 0 Å². The Balaban J connectivity index is 2.00. The highest BCUT2D eigenvalue weighted by molar-refractivity contribution is 5.98. The molecule has 5 unspecified atom stereocenters. The molecule has 2 aliphatic heterocycles. The number of fused-ring (bicyclic) bond motifs is 1. The molecule has 8 nitrogen and oxygen atoms in total. The number of hydrogen-bond donors (Lipinski definition) is 3. The summed E-state index contributed by atoms with van der Waals surface area (Å²) in [6, 6.07) is 0. The van der Waals surface area contributed by atoms with Crippen molar-refractivity contribution < 1.29 is 19.0 Å². The number of aliphatic imine (C=N–C) groups is 1. The van der Waals surface area contributed by atoms with E-state index in [9.17, 15) is 9.50 Å². The van der Waals surface area contributed by atoms with Gasteiger partial charge in [-0.2, -0.15) is 0 Å². The van der Waals surface area contributed by atoms with E-state index in [-0.39, 0.29) is 0 Å². The summed E-state index contributed by atoms with van der Waals surface area (Å²) < 4.78 is 26.7. The second-order valence-corrected chi connectivity index (χ2v) is 5.63. The summed E-state index contributed by atoms with van der Waals surface area (Å²) in [6.07, 6.45) is -2.42. The van der Waals surface area contributed by atoms with Crippen LogP contribution >= 0.6 is 0 Å². The summed E-state index contributed by atoms with van der Waals surface area (Å²) in [5.41, 5.74) is 4.60. The molecule has 4 N–H and O–H groups in total. The number of imidazole rings is 1. The fourth-order valence-corrected chi connectivity index (χ4v) is 2.81. The van der Waals surface area contributed by atoms with E-state index in [1.165, 1.54) is 17.8 Å². The Labute approximate surface area is 127 Å². The van der Waals surface area contributed by atoms with Gasteiger partial charge in [-0.25, -0.2) is 14.4 Å². The van der Waals surface area contributed by atoms with Crippen LogP contribution in [0.2, 0.25) is 0 Å². The predicted molar refractivity (Wildman–Crippen MR) is 77.1 cm³/mol. The quantitative estimate of drug-likeness (QED) is 0.727. The fraction of sp³-hybridized carbons (Fsp3) is 0.692. The van der Waals surface area contributed by atoms with Crippen LogP contribution in [-0.2, 0) is 9.47 Å². The van der Waals surface area contributed by atoms with Crippen molar-refractivity contribution >= 4 is 11.7 Å². The first-order chi connectivity index (χ1) is 10.4. The highest BCUT2D eigenvalue weighted by Gasteiger charge is 2.53. The molecule has 0 aromatic carbocycles. The molecule has 3 rings (SSSR count). The molecular weight excluding hydrogens is 293 g/mol. The van der Waals surface area contributed by atoms with Gasteiger partial charge < -0.3 is 19.9 Å². The van der Waals surface area contributed by atoms with Gasteiger partial charge in [0, 0.05) is 0 Å². The van der Waals surface area contributed by atoms with E-state index in [0.717, 1.165) is 0 Å². The van der Waals surface area contributed by atoms with Gasteiger partial charge in [-0.1, -0.05) is 0 Å². The van der Waals surface area contributed by atoms with Crippen LogP contribution in [0.4, 0.5) is 10.2 Å². The minimum absolute atomic E-state index is 0.310. The maximum Gasteiger partial charge on any atom is 0.242 e. The number of halogens is 1. The molecule has 122 valence electrons. The molecule has 9 heteroatoms. The number of aromatic nitrogens is 2. The Kier molecular flexibility index (Phi) is 3.58. The van der Waals surface area contributed by atoms with Crippen LogP contribution in [0.1, 0.15) is 32.7 Å². The van der Waals surface area contributed by atoms with Gasteiger partial charge in [0.25, 0.3) is 0 Å². The van der Waals surface area contributed by atoms with Crippen molar-refractivity contribution in [1.82, 2.24) is 9.55 Å². The Morgan fingerprint density at radius 2 is 2.36 bits per heavy atom. The van der Waals surface area contributed by atoms with E-state index in [1.54, 1.807) is 6.92 Å². The molecule has 22 heavy (non-hydrogen) atoms. The molecule has 0 saturated carbocycles. The van der Waals surface area contributed by atoms with Gasteiger partial charge in [-0.05, 0) is 20.8 Å². The lowest BCUT2D eigenvalue weighted by atomic mass is 9.98. The Hall–Kier alpha value is -1.71. The predicted octanol–water partition coefficient (Wildman–Crippen LogP) is 0.340. The van der Waals surface area contributed by atoms with E-state index in [4.69, 9.17) is 15.2 Å². The number of nitrogens with two attached hydrogens (primary N) is 1. The molecule has 0 bridgehead atoms. The first kappa shape index (κ1) is 15.2. The SMILES string of the molecule is CCOC1=NC(N)Nc2c1ncn2C1OC(C)C(F)C1(C)O. The van der Waals surface area contributed by atoms with Gasteiger partial charge in [-0.3, -0.25) is 10.3 Å². The molecule has 2 aliphatic rings. The zero-order valence-electron chi connectivity index (χ0n) is 12.7. The minimum atomic E-state index is -1.68. The average Bonchev–Trinajstić information content (AvgIpc) is 2.94. The summed E-state index contributed by atoms with van der Waals surface area (Å²) in [4.78, 5) is 8.35. The average molecular weight is 313 g/mol. The maximum absolute atomic E-state index is 14.1. The van der Waals surface area contributed by atoms with Crippen molar-refractivity contribution in [2.75, 3.05) is 11.9 Å². The molecule has 3 heterocycles. The third-order valence-electron chi connectivity index (χ3n) is 3.88. The normalized spacial score (nSPS) is 37.5. The lowest BCUT2D eigenvalue weighted by Gasteiger charge is -2.29. The summed E-state index contributed by atoms with van der Waals surface area (Å²) in [6.45, 7) is 5.22. The standard InChI is InChI=1S/C13H20FN5O3/c1-4-21-10-7-9(17-12(15)18-10)19(5-16-7)11-13(3,20)8(14)6(2)22-11/h5-6,8,11-12,17,20H,4,15H2,1-3H3. The molecule has 1 aromatic heterocycles. The van der Waals surface area contributed by atoms with Crippen LogP contribution in [0.5, 0.6) is 0 Å². The second-order valence-electron chi connectivity index (χ2n) is 5.63. The maximum atomic E-state index is 14.1. The van der Waals surface area contributed by atoms with Gasteiger partial charge >= 0.3 is 0 Å². The number of rotatable bonds is 2. The van der Waals surface area contributed by atoms with Crippen LogP contribution in [0.3, 0.4) is 0 Å². The van der Waals surface area contributed by atoms with E-state index in [2.05, 4.69) is 15.3 Å². The number of alkyl halides is 1. The van der Waals surface area contributed by atoms with Gasteiger partial charge in [0.1, 0.15) is 11.4 Å². The summed E-state index contributed by atoms with van der Waals surface area (Å²) in [5, 5.41) is 13.4. The molecule has 5 atom stereocenters. The van der Waals surface area contributed by atoms with Crippen LogP contribution in [0.15, 0.2) is 11.3 Å². The topological polar surface area (TPSA) is 107 Å². The molecule has 0 radical (unpaired) electrons. The lowest BCUT2D eigenvalue weighted by molar-refractivity contribution is -0.0853. The second kappa shape index (κ2) is 5.18. The first-order valence-corrected chi connectivity index (χ1v) is 7.18. The van der Waals surface area contributed by atoms with E-state index in [0.29, 0.717) is 24.0 Å². The van der Waals surface area contributed by atoms with Gasteiger partial charge in [-0.15, -0.1) is 0 Å². The van der Waals surface area contributed by atoms with E-state index >= 15 is 0 Å². The van der Waals surface area contributed by atoms with Crippen LogP contribution in [-0.4, -0.2) is 51.3 Å². The van der Waals surface area contributed by atoms with Crippen molar-refractivity contribution in [2.24, 2.45) is 10.7 Å². The zero-order valence-corrected chi connectivity index (χ0v) is 12.7. The molecule has 0 spiro atoms. The summed E-state index contributed by atoms with van der Waals surface area (Å²) in [7, 11) is 0. The Morgan fingerprint density at radius 1 is 1.64 bits per heavy atom. The van der Waals surface area contributed by atoms with E-state index in [1.807, 2.05) is 6.92 Å². The first-order valence-electron chi connectivity index (χ1n) is 7.18. The molecule has 0 aliphatic carbocycles. The number of anilines is 1. The highest BCUT2D eigenvalue weighted by atomic mass is 19.1. The van der Waals surface area contributed by atoms with Crippen molar-refractivity contribution in [3.63, 3.8) is 0 Å². The summed E-state index contributed by atoms with van der Waals surface area (Å²) >= 11 is 0. The molecule has 1 fully saturated rings. The van der Waals surface area contributed by atoms with Gasteiger partial charge in [0.15, 0.2) is 24.4 Å². The molecule has 1 aromatic rings. The molecule has 1 saturated heterocycles. The van der Waals surface area contributed by atoms with Gasteiger partial charge in [0.2, 0.25) is 5.90 Å². The molecular formula is C13H20FN5O3. The third-order valence-corrected chi connectivity index (χ3v) is 3.88. The van der Waals surface area contributed by atoms with Crippen LogP contribution in [0.25, 0.3) is 0 Å². The number of hydrogen-bond acceptors (Lipinski definition) is 7. The van der Waals surface area contributed by atoms with E-state index < -0.39 is 30.4 Å². The molecule has 0 amide bonds. The number of nitrogens with one attached hydrogen (secondary N) is 1. The highest BCUT2D eigenvalue weighted by Crippen LogP contribution is 2.42. The number of ether oxygens (including phenoxy) is 2. The minimum Gasteiger partial charge on any atom is -0.476 e. The fourth-order valence-electron chi connectivity index (χ4n) is 2.81. The Morgan fingerprint density at radius 3 is 2.95 bits per heavy atom. The largest absolute Gasteiger partial charge is 0.476 e. The van der Waals surface area contributed by atoms with Crippen LogP contribution in [0, 0.1) is 0 Å². The monoisotopic (exact) mass is 313 g/mol. The van der Waals surface area contributed by atoms with Gasteiger partial charge in [0.05, 0.1) is 19.0 Å². The number of aliphatic hydroxyl groups is 1. The van der Waals surface area contributed by atoms with Crippen LogP contribution < -0.4 is 11.1 Å². The summed E-state index contributed by atoms with van der Waals surface area (Å²) in [5.74, 6) is 0.794. The Bertz CT molecular complexity index is 602. The van der Waals surface area contributed by atoms with Crippen molar-refractivity contribution in [1.29, 1.82) is 0 Å². The smallest absolute Gasteiger partial charge is 0.242 e. The lowest BCUT2D eigenvalue weighted by Crippen LogP contribution is -2.42. The van der Waals surface area contributed by atoms with Crippen molar-refractivity contribution in [3.05, 3.63) is 12.0 Å².